The zero-order valence-electron chi connectivity index (χ0n) is 16.9. The highest BCUT2D eigenvalue weighted by Crippen LogP contribution is 2.32. The lowest BCUT2D eigenvalue weighted by Crippen LogP contribution is -2.36. The lowest BCUT2D eigenvalue weighted by atomic mass is 10.0. The van der Waals surface area contributed by atoms with E-state index in [0.717, 1.165) is 30.5 Å². The number of hydrogen-bond donors (Lipinski definition) is 0. The molecule has 0 N–H and O–H groups in total. The zero-order chi connectivity index (χ0) is 22.2. The van der Waals surface area contributed by atoms with Gasteiger partial charge in [-0.25, -0.2) is 8.42 Å². The molecule has 0 atom stereocenters. The van der Waals surface area contributed by atoms with Gasteiger partial charge in [-0.1, -0.05) is 12.1 Å². The molecule has 9 heteroatoms. The van der Waals surface area contributed by atoms with E-state index in [2.05, 4.69) is 0 Å². The first kappa shape index (κ1) is 21.8. The molecule has 2 aromatic rings. The molecule has 2 aromatic carbocycles. The third-order valence-corrected chi connectivity index (χ3v) is 7.70. The second-order valence-corrected chi connectivity index (χ2v) is 9.86. The van der Waals surface area contributed by atoms with Crippen LogP contribution in [0.15, 0.2) is 47.4 Å². The standard InChI is InChI=1S/C22H23F3N2O3S/c23-22(24,25)18-7-5-16(6-8-18)14-21(28)27-13-3-4-17-15-19(9-10-20(17)27)31(29,30)26-11-1-2-12-26/h5-10,15H,1-4,11-14H2. The van der Waals surface area contributed by atoms with E-state index < -0.39 is 21.8 Å². The number of sulfonamides is 1. The van der Waals surface area contributed by atoms with Crippen molar-refractivity contribution >= 4 is 21.6 Å². The number of hydrogen-bond acceptors (Lipinski definition) is 3. The van der Waals surface area contributed by atoms with Gasteiger partial charge in [-0.2, -0.15) is 17.5 Å². The molecular formula is C22H23F3N2O3S. The largest absolute Gasteiger partial charge is 0.416 e. The van der Waals surface area contributed by atoms with E-state index in [-0.39, 0.29) is 17.2 Å². The minimum atomic E-state index is -4.42. The van der Waals surface area contributed by atoms with Crippen molar-refractivity contribution in [3.05, 3.63) is 59.2 Å². The predicted molar refractivity (Wildman–Crippen MR) is 110 cm³/mol. The molecule has 31 heavy (non-hydrogen) atoms. The van der Waals surface area contributed by atoms with Crippen LogP contribution in [0.1, 0.15) is 36.0 Å². The lowest BCUT2D eigenvalue weighted by Gasteiger charge is -2.30. The molecule has 0 radical (unpaired) electrons. The molecule has 0 spiro atoms. The van der Waals surface area contributed by atoms with Crippen LogP contribution in [0.4, 0.5) is 18.9 Å². The van der Waals surface area contributed by atoms with Crippen LogP contribution in [-0.2, 0) is 33.8 Å². The SMILES string of the molecule is O=C(Cc1ccc(C(F)(F)F)cc1)N1CCCc2cc(S(=O)(=O)N3CCCC3)ccc21. The van der Waals surface area contributed by atoms with Crippen molar-refractivity contribution in [3.63, 3.8) is 0 Å². The van der Waals surface area contributed by atoms with Gasteiger partial charge in [-0.15, -0.1) is 0 Å². The van der Waals surface area contributed by atoms with Crippen LogP contribution in [0.25, 0.3) is 0 Å². The van der Waals surface area contributed by atoms with Gasteiger partial charge in [0.25, 0.3) is 0 Å². The second-order valence-electron chi connectivity index (χ2n) is 7.92. The molecule has 1 amide bonds. The smallest absolute Gasteiger partial charge is 0.312 e. The van der Waals surface area contributed by atoms with Gasteiger partial charge in [-0.05, 0) is 67.1 Å². The van der Waals surface area contributed by atoms with Crippen molar-refractivity contribution in [2.75, 3.05) is 24.5 Å². The molecule has 2 aliphatic heterocycles. The van der Waals surface area contributed by atoms with Crippen molar-refractivity contribution in [1.82, 2.24) is 4.31 Å². The number of carbonyl (C=O) groups is 1. The maximum atomic E-state index is 12.9. The first-order chi connectivity index (χ1) is 14.7. The van der Waals surface area contributed by atoms with Crippen molar-refractivity contribution in [3.8, 4) is 0 Å². The maximum Gasteiger partial charge on any atom is 0.416 e. The summed E-state index contributed by atoms with van der Waals surface area (Å²) >= 11 is 0. The van der Waals surface area contributed by atoms with Crippen LogP contribution in [0.3, 0.4) is 0 Å². The third-order valence-electron chi connectivity index (χ3n) is 5.81. The molecule has 0 aliphatic carbocycles. The molecule has 4 rings (SSSR count). The highest BCUT2D eigenvalue weighted by molar-refractivity contribution is 7.89. The van der Waals surface area contributed by atoms with Crippen LogP contribution < -0.4 is 4.90 Å². The number of fused-ring (bicyclic) bond motifs is 1. The summed E-state index contributed by atoms with van der Waals surface area (Å²) in [5, 5.41) is 0. The number of aryl methyl sites for hydroxylation is 1. The topological polar surface area (TPSA) is 57.7 Å². The normalized spacial score (nSPS) is 17.6. The number of halogens is 3. The van der Waals surface area contributed by atoms with E-state index in [9.17, 15) is 26.4 Å². The Bertz CT molecular complexity index is 1080. The summed E-state index contributed by atoms with van der Waals surface area (Å²) in [6, 6.07) is 9.44. The fraction of sp³-hybridized carbons (Fsp3) is 0.409. The van der Waals surface area contributed by atoms with Gasteiger partial charge in [0.1, 0.15) is 0 Å². The van der Waals surface area contributed by atoms with Gasteiger partial charge in [0.05, 0.1) is 16.9 Å². The van der Waals surface area contributed by atoms with Crippen LogP contribution in [0, 0.1) is 0 Å². The summed E-state index contributed by atoms with van der Waals surface area (Å²) in [7, 11) is -3.54. The van der Waals surface area contributed by atoms with E-state index in [0.29, 0.717) is 43.7 Å². The van der Waals surface area contributed by atoms with Crippen LogP contribution in [-0.4, -0.2) is 38.3 Å². The Hall–Kier alpha value is -2.39. The number of carbonyl (C=O) groups excluding carboxylic acids is 1. The average molecular weight is 452 g/mol. The quantitative estimate of drug-likeness (QED) is 0.704. The Labute approximate surface area is 179 Å². The molecule has 1 fully saturated rings. The number of benzene rings is 2. The van der Waals surface area contributed by atoms with Crippen molar-refractivity contribution in [2.45, 2.75) is 43.2 Å². The Morgan fingerprint density at radius 1 is 0.935 bits per heavy atom. The predicted octanol–water partition coefficient (Wildman–Crippen LogP) is 4.01. The van der Waals surface area contributed by atoms with Gasteiger partial charge in [0, 0.05) is 25.3 Å². The van der Waals surface area contributed by atoms with E-state index in [4.69, 9.17) is 0 Å². The Kier molecular flexibility index (Phi) is 5.83. The highest BCUT2D eigenvalue weighted by atomic mass is 32.2. The summed E-state index contributed by atoms with van der Waals surface area (Å²) in [4.78, 5) is 14.7. The van der Waals surface area contributed by atoms with Crippen molar-refractivity contribution in [2.24, 2.45) is 0 Å². The van der Waals surface area contributed by atoms with Gasteiger partial charge < -0.3 is 4.90 Å². The Morgan fingerprint density at radius 3 is 2.26 bits per heavy atom. The van der Waals surface area contributed by atoms with E-state index in [1.54, 1.807) is 17.0 Å². The fourth-order valence-corrected chi connectivity index (χ4v) is 5.72. The van der Waals surface area contributed by atoms with Crippen molar-refractivity contribution in [1.29, 1.82) is 0 Å². The lowest BCUT2D eigenvalue weighted by molar-refractivity contribution is -0.137. The van der Waals surface area contributed by atoms with E-state index in [1.807, 2.05) is 0 Å². The van der Waals surface area contributed by atoms with Gasteiger partial charge in [-0.3, -0.25) is 4.79 Å². The number of anilines is 1. The van der Waals surface area contributed by atoms with Crippen LogP contribution >= 0.6 is 0 Å². The number of nitrogens with zero attached hydrogens (tertiary/aromatic N) is 2. The van der Waals surface area contributed by atoms with Crippen LogP contribution in [0.5, 0.6) is 0 Å². The molecule has 5 nitrogen and oxygen atoms in total. The number of amides is 1. The Balaban J connectivity index is 1.53. The molecule has 2 heterocycles. The fourth-order valence-electron chi connectivity index (χ4n) is 4.15. The summed E-state index contributed by atoms with van der Waals surface area (Å²) in [5.41, 5.74) is 1.22. The first-order valence-corrected chi connectivity index (χ1v) is 11.7. The minimum Gasteiger partial charge on any atom is -0.312 e. The molecule has 166 valence electrons. The zero-order valence-corrected chi connectivity index (χ0v) is 17.7. The highest BCUT2D eigenvalue weighted by Gasteiger charge is 2.31. The van der Waals surface area contributed by atoms with E-state index >= 15 is 0 Å². The minimum absolute atomic E-state index is 0.0224. The number of alkyl halides is 3. The number of rotatable bonds is 4. The van der Waals surface area contributed by atoms with Gasteiger partial charge >= 0.3 is 6.18 Å². The van der Waals surface area contributed by atoms with Crippen molar-refractivity contribution < 1.29 is 26.4 Å². The van der Waals surface area contributed by atoms with E-state index in [1.165, 1.54) is 22.5 Å². The maximum absolute atomic E-state index is 12.9. The summed E-state index contributed by atoms with van der Waals surface area (Å²) in [6.45, 7) is 1.54. The monoisotopic (exact) mass is 452 g/mol. The first-order valence-electron chi connectivity index (χ1n) is 10.3. The second kappa shape index (κ2) is 8.27. The third kappa shape index (κ3) is 4.48. The summed E-state index contributed by atoms with van der Waals surface area (Å²) < 4.78 is 65.4. The molecule has 1 saturated heterocycles. The molecular weight excluding hydrogens is 429 g/mol. The average Bonchev–Trinajstić information content (AvgIpc) is 3.28. The molecule has 0 bridgehead atoms. The Morgan fingerprint density at radius 2 is 1.61 bits per heavy atom. The molecule has 2 aliphatic rings. The molecule has 0 unspecified atom stereocenters. The summed E-state index contributed by atoms with van der Waals surface area (Å²) in [6.07, 6.45) is -1.36. The summed E-state index contributed by atoms with van der Waals surface area (Å²) in [5.74, 6) is -0.226. The van der Waals surface area contributed by atoms with Crippen LogP contribution in [0.2, 0.25) is 0 Å². The molecule has 0 saturated carbocycles. The van der Waals surface area contributed by atoms with Gasteiger partial charge in [0.2, 0.25) is 15.9 Å². The molecule has 0 aromatic heterocycles. The van der Waals surface area contributed by atoms with Gasteiger partial charge in [0.15, 0.2) is 0 Å².